The fraction of sp³-hybridized carbons (Fsp3) is 0.320. The predicted molar refractivity (Wildman–Crippen MR) is 126 cm³/mol. The molecule has 0 saturated carbocycles. The van der Waals surface area contributed by atoms with Crippen LogP contribution in [0.3, 0.4) is 0 Å². The first-order chi connectivity index (χ1) is 15.6. The molecule has 0 unspecified atom stereocenters. The van der Waals surface area contributed by atoms with Gasteiger partial charge in [0.25, 0.3) is 5.56 Å². The lowest BCUT2D eigenvalue weighted by Gasteiger charge is -2.22. The SMILES string of the molecule is C#CCN(Cc1ccc2ncn(COC(=O)C(C)(C)C)c(=O)c2c1)c1ccc(C(C)=O)nc1. The second-order valence-electron chi connectivity index (χ2n) is 8.70. The lowest BCUT2D eigenvalue weighted by molar-refractivity contribution is -0.157. The van der Waals surface area contributed by atoms with Crippen molar-refractivity contribution in [3.05, 3.63) is 64.5 Å². The van der Waals surface area contributed by atoms with E-state index in [1.807, 2.05) is 11.0 Å². The van der Waals surface area contributed by atoms with Crippen molar-refractivity contribution < 1.29 is 14.3 Å². The maximum Gasteiger partial charge on any atom is 0.312 e. The van der Waals surface area contributed by atoms with Gasteiger partial charge in [0.2, 0.25) is 0 Å². The number of anilines is 1. The molecule has 0 spiro atoms. The zero-order chi connectivity index (χ0) is 24.2. The van der Waals surface area contributed by atoms with Crippen molar-refractivity contribution in [3.63, 3.8) is 0 Å². The molecule has 0 amide bonds. The molecule has 0 fully saturated rings. The monoisotopic (exact) mass is 446 g/mol. The van der Waals surface area contributed by atoms with E-state index in [-0.39, 0.29) is 18.1 Å². The van der Waals surface area contributed by atoms with E-state index >= 15 is 0 Å². The summed E-state index contributed by atoms with van der Waals surface area (Å²) in [7, 11) is 0. The number of ether oxygens (including phenoxy) is 1. The summed E-state index contributed by atoms with van der Waals surface area (Å²) in [6.45, 7) is 7.23. The van der Waals surface area contributed by atoms with Gasteiger partial charge in [0, 0.05) is 13.5 Å². The molecular weight excluding hydrogens is 420 g/mol. The molecule has 0 aliphatic rings. The number of fused-ring (bicyclic) bond motifs is 1. The highest BCUT2D eigenvalue weighted by Crippen LogP contribution is 2.19. The molecule has 3 aromatic rings. The van der Waals surface area contributed by atoms with Gasteiger partial charge >= 0.3 is 5.97 Å². The second-order valence-corrected chi connectivity index (χ2v) is 8.70. The maximum atomic E-state index is 13.0. The number of nitrogens with zero attached hydrogens (tertiary/aromatic N) is 4. The average Bonchev–Trinajstić information content (AvgIpc) is 2.78. The number of Topliss-reactive ketones (excluding diaryl/α,β-unsaturated/α-hetero) is 1. The van der Waals surface area contributed by atoms with E-state index in [1.165, 1.54) is 17.8 Å². The summed E-state index contributed by atoms with van der Waals surface area (Å²) in [5.41, 5.74) is 1.55. The molecule has 170 valence electrons. The molecule has 3 rings (SSSR count). The number of carbonyl (C=O) groups is 2. The molecule has 0 atom stereocenters. The van der Waals surface area contributed by atoms with Gasteiger partial charge < -0.3 is 9.64 Å². The van der Waals surface area contributed by atoms with Crippen LogP contribution in [0.1, 0.15) is 43.7 Å². The summed E-state index contributed by atoms with van der Waals surface area (Å²) in [6.07, 6.45) is 8.52. The van der Waals surface area contributed by atoms with Crippen molar-refractivity contribution in [2.45, 2.75) is 41.0 Å². The second kappa shape index (κ2) is 9.65. The van der Waals surface area contributed by atoms with Crippen molar-refractivity contribution in [2.75, 3.05) is 11.4 Å². The van der Waals surface area contributed by atoms with Gasteiger partial charge in [-0.15, -0.1) is 6.42 Å². The Morgan fingerprint density at radius 3 is 2.55 bits per heavy atom. The summed E-state index contributed by atoms with van der Waals surface area (Å²) in [6, 6.07) is 8.85. The van der Waals surface area contributed by atoms with Gasteiger partial charge in [-0.3, -0.25) is 23.9 Å². The average molecular weight is 447 g/mol. The van der Waals surface area contributed by atoms with Crippen molar-refractivity contribution in [2.24, 2.45) is 5.41 Å². The molecule has 0 saturated heterocycles. The fourth-order valence-electron chi connectivity index (χ4n) is 3.09. The fourth-order valence-corrected chi connectivity index (χ4v) is 3.09. The van der Waals surface area contributed by atoms with Gasteiger partial charge in [-0.05, 0) is 50.6 Å². The number of carbonyl (C=O) groups excluding carboxylic acids is 2. The molecule has 1 aromatic carbocycles. The van der Waals surface area contributed by atoms with Crippen LogP contribution < -0.4 is 10.5 Å². The van der Waals surface area contributed by atoms with Crippen LogP contribution in [0.4, 0.5) is 5.69 Å². The summed E-state index contributed by atoms with van der Waals surface area (Å²) in [5.74, 6) is 2.11. The first-order valence-corrected chi connectivity index (χ1v) is 10.4. The Kier molecular flexibility index (Phi) is 6.92. The predicted octanol–water partition coefficient (Wildman–Crippen LogP) is 3.18. The van der Waals surface area contributed by atoms with Gasteiger partial charge in [-0.1, -0.05) is 12.0 Å². The van der Waals surface area contributed by atoms with E-state index in [1.54, 1.807) is 51.2 Å². The Morgan fingerprint density at radius 2 is 1.94 bits per heavy atom. The molecule has 0 aliphatic heterocycles. The highest BCUT2D eigenvalue weighted by molar-refractivity contribution is 5.92. The van der Waals surface area contributed by atoms with Crippen LogP contribution in [0.15, 0.2) is 47.7 Å². The molecule has 33 heavy (non-hydrogen) atoms. The number of pyridine rings is 1. The molecule has 0 aliphatic carbocycles. The summed E-state index contributed by atoms with van der Waals surface area (Å²) < 4.78 is 6.52. The third kappa shape index (κ3) is 5.63. The number of hydrogen-bond donors (Lipinski definition) is 0. The van der Waals surface area contributed by atoms with Crippen molar-refractivity contribution >= 4 is 28.3 Å². The van der Waals surface area contributed by atoms with Crippen molar-refractivity contribution in [1.82, 2.24) is 14.5 Å². The smallest absolute Gasteiger partial charge is 0.312 e. The quantitative estimate of drug-likeness (QED) is 0.313. The number of ketones is 1. The summed E-state index contributed by atoms with van der Waals surface area (Å²) in [4.78, 5) is 46.9. The Morgan fingerprint density at radius 1 is 1.18 bits per heavy atom. The third-order valence-electron chi connectivity index (χ3n) is 4.96. The first kappa shape index (κ1) is 23.7. The first-order valence-electron chi connectivity index (χ1n) is 10.4. The third-order valence-corrected chi connectivity index (χ3v) is 4.96. The van der Waals surface area contributed by atoms with Crippen LogP contribution in [0.2, 0.25) is 0 Å². The number of hydrogen-bond acceptors (Lipinski definition) is 7. The molecule has 8 nitrogen and oxygen atoms in total. The summed E-state index contributed by atoms with van der Waals surface area (Å²) >= 11 is 0. The van der Waals surface area contributed by atoms with Gasteiger partial charge in [-0.2, -0.15) is 0 Å². The number of benzene rings is 1. The van der Waals surface area contributed by atoms with Crippen molar-refractivity contribution in [1.29, 1.82) is 0 Å². The van der Waals surface area contributed by atoms with Gasteiger partial charge in [0.15, 0.2) is 12.5 Å². The van der Waals surface area contributed by atoms with E-state index in [0.29, 0.717) is 29.7 Å². The Balaban J connectivity index is 1.87. The zero-order valence-corrected chi connectivity index (χ0v) is 19.2. The zero-order valence-electron chi connectivity index (χ0n) is 19.2. The van der Waals surface area contributed by atoms with E-state index in [0.717, 1.165) is 11.3 Å². The lowest BCUT2D eigenvalue weighted by atomic mass is 9.98. The molecule has 0 radical (unpaired) electrons. The van der Waals surface area contributed by atoms with Crippen LogP contribution in [0, 0.1) is 17.8 Å². The van der Waals surface area contributed by atoms with Crippen LogP contribution in [0.5, 0.6) is 0 Å². The van der Waals surface area contributed by atoms with E-state index in [9.17, 15) is 14.4 Å². The molecular formula is C25H26N4O4. The molecule has 2 aromatic heterocycles. The Bertz CT molecular complexity index is 1280. The normalized spacial score (nSPS) is 11.1. The Hall–Kier alpha value is -3.99. The highest BCUT2D eigenvalue weighted by Gasteiger charge is 2.23. The van der Waals surface area contributed by atoms with E-state index in [4.69, 9.17) is 11.2 Å². The van der Waals surface area contributed by atoms with Gasteiger partial charge in [-0.25, -0.2) is 4.98 Å². The lowest BCUT2D eigenvalue weighted by Crippen LogP contribution is -2.28. The molecule has 8 heteroatoms. The molecule has 0 bridgehead atoms. The molecule has 0 N–H and O–H groups in total. The topological polar surface area (TPSA) is 94.4 Å². The standard InChI is InChI=1S/C25H26N4O4/c1-6-11-28(19-8-10-21(17(2)30)26-13-19)14-18-7-9-22-20(12-18)23(31)29(15-27-22)16-33-24(32)25(3,4)5/h1,7-10,12-13,15H,11,14,16H2,2-5H3. The summed E-state index contributed by atoms with van der Waals surface area (Å²) in [5, 5.41) is 0.410. The Labute approximate surface area is 192 Å². The number of esters is 1. The van der Waals surface area contributed by atoms with Crippen molar-refractivity contribution in [3.8, 4) is 12.3 Å². The minimum atomic E-state index is -0.668. The van der Waals surface area contributed by atoms with E-state index < -0.39 is 11.4 Å². The van der Waals surface area contributed by atoms with E-state index in [2.05, 4.69) is 15.9 Å². The van der Waals surface area contributed by atoms with Crippen LogP contribution in [-0.4, -0.2) is 32.8 Å². The highest BCUT2D eigenvalue weighted by atomic mass is 16.5. The maximum absolute atomic E-state index is 13.0. The van der Waals surface area contributed by atoms with Gasteiger partial charge in [0.05, 0.1) is 34.7 Å². The number of aromatic nitrogens is 3. The van der Waals surface area contributed by atoms with Crippen LogP contribution >= 0.6 is 0 Å². The minimum Gasteiger partial charge on any atom is -0.443 e. The molecule has 2 heterocycles. The minimum absolute atomic E-state index is 0.114. The largest absolute Gasteiger partial charge is 0.443 e. The van der Waals surface area contributed by atoms with Crippen LogP contribution in [-0.2, 0) is 22.8 Å². The number of rotatable bonds is 7. The van der Waals surface area contributed by atoms with Crippen LogP contribution in [0.25, 0.3) is 10.9 Å². The number of terminal acetylenes is 1. The van der Waals surface area contributed by atoms with Gasteiger partial charge in [0.1, 0.15) is 12.0 Å².